The molecule has 0 unspecified atom stereocenters. The summed E-state index contributed by atoms with van der Waals surface area (Å²) in [7, 11) is 1.60. The number of aryl methyl sites for hydroxylation is 1. The molecule has 2 aromatic heterocycles. The van der Waals surface area contributed by atoms with Crippen LogP contribution in [0.2, 0.25) is 0 Å². The van der Waals surface area contributed by atoms with Crippen LogP contribution in [0.3, 0.4) is 0 Å². The Balaban J connectivity index is 1.74. The van der Waals surface area contributed by atoms with Crippen molar-refractivity contribution in [3.63, 3.8) is 0 Å². The third kappa shape index (κ3) is 4.37. The van der Waals surface area contributed by atoms with Gasteiger partial charge in [-0.3, -0.25) is 14.4 Å². The molecule has 1 aromatic carbocycles. The molecule has 3 aromatic rings. The molecule has 0 aliphatic carbocycles. The van der Waals surface area contributed by atoms with Crippen molar-refractivity contribution in [1.29, 1.82) is 0 Å². The first-order valence-corrected chi connectivity index (χ1v) is 11.4. The summed E-state index contributed by atoms with van der Waals surface area (Å²) >= 11 is 0. The molecule has 2 amide bonds. The van der Waals surface area contributed by atoms with Crippen molar-refractivity contribution in [2.45, 2.75) is 33.2 Å². The zero-order chi connectivity index (χ0) is 23.5. The highest BCUT2D eigenvalue weighted by atomic mass is 16.5. The van der Waals surface area contributed by atoms with E-state index in [1.54, 1.807) is 46.7 Å². The van der Waals surface area contributed by atoms with Gasteiger partial charge in [0.25, 0.3) is 11.5 Å². The van der Waals surface area contributed by atoms with Gasteiger partial charge in [-0.1, -0.05) is 13.3 Å². The van der Waals surface area contributed by atoms with Crippen molar-refractivity contribution in [3.8, 4) is 16.9 Å². The lowest BCUT2D eigenvalue weighted by atomic mass is 9.99. The molecule has 4 rings (SSSR count). The van der Waals surface area contributed by atoms with E-state index in [1.165, 1.54) is 0 Å². The highest BCUT2D eigenvalue weighted by molar-refractivity contribution is 6.00. The lowest BCUT2D eigenvalue weighted by Crippen LogP contribution is -2.50. The van der Waals surface area contributed by atoms with Crippen LogP contribution >= 0.6 is 0 Å². The molecule has 174 valence electrons. The van der Waals surface area contributed by atoms with Crippen LogP contribution in [0.25, 0.3) is 22.0 Å². The van der Waals surface area contributed by atoms with Crippen LogP contribution in [0.4, 0.5) is 0 Å². The molecule has 3 heterocycles. The monoisotopic (exact) mass is 450 g/mol. The number of nitrogens with one attached hydrogen (secondary N) is 1. The topological polar surface area (TPSA) is 87.6 Å². The average molecular weight is 451 g/mol. The molecule has 0 bridgehead atoms. The molecule has 8 heteroatoms. The number of methoxy groups -OCH3 is 1. The Morgan fingerprint density at radius 1 is 1.06 bits per heavy atom. The smallest absolute Gasteiger partial charge is 0.274 e. The van der Waals surface area contributed by atoms with E-state index in [0.29, 0.717) is 49.6 Å². The highest BCUT2D eigenvalue weighted by Gasteiger charge is 2.24. The van der Waals surface area contributed by atoms with Crippen LogP contribution in [0, 0.1) is 0 Å². The fraction of sp³-hybridized carbons (Fsp3) is 0.400. The number of hydrogen-bond donors (Lipinski definition) is 1. The van der Waals surface area contributed by atoms with Crippen molar-refractivity contribution in [2.75, 3.05) is 33.3 Å². The molecule has 1 saturated heterocycles. The van der Waals surface area contributed by atoms with Gasteiger partial charge in [0.2, 0.25) is 5.91 Å². The summed E-state index contributed by atoms with van der Waals surface area (Å²) < 4.78 is 7.36. The number of pyridine rings is 1. The number of fused-ring (bicyclic) bond motifs is 1. The quantitative estimate of drug-likeness (QED) is 0.625. The largest absolute Gasteiger partial charge is 0.496 e. The number of H-pyrrole nitrogens is 1. The molecule has 1 aliphatic heterocycles. The number of ether oxygens (including phenoxy) is 1. The minimum absolute atomic E-state index is 0.0301. The summed E-state index contributed by atoms with van der Waals surface area (Å²) in [5, 5.41) is 0.797. The van der Waals surface area contributed by atoms with Gasteiger partial charge in [-0.15, -0.1) is 0 Å². The molecule has 0 saturated carbocycles. The van der Waals surface area contributed by atoms with Crippen LogP contribution < -0.4 is 10.3 Å². The molecule has 0 atom stereocenters. The van der Waals surface area contributed by atoms with Gasteiger partial charge in [-0.05, 0) is 30.7 Å². The molecular formula is C25H30N4O4. The second-order valence-corrected chi connectivity index (χ2v) is 8.37. The molecule has 1 N–H and O–H groups in total. The fourth-order valence-corrected chi connectivity index (χ4v) is 4.37. The molecule has 33 heavy (non-hydrogen) atoms. The number of piperazine rings is 1. The number of hydrogen-bond acceptors (Lipinski definition) is 4. The van der Waals surface area contributed by atoms with Gasteiger partial charge in [0, 0.05) is 74.1 Å². The summed E-state index contributed by atoms with van der Waals surface area (Å²) in [6.07, 6.45) is 5.50. The van der Waals surface area contributed by atoms with E-state index in [9.17, 15) is 14.4 Å². The maximum absolute atomic E-state index is 13.3. The number of carbonyl (C=O) groups is 2. The first kappa shape index (κ1) is 22.6. The Bertz CT molecular complexity index is 1230. The molecule has 1 aliphatic rings. The maximum atomic E-state index is 13.3. The number of carbonyl (C=O) groups excluding carboxylic acids is 2. The fourth-order valence-electron chi connectivity index (χ4n) is 4.37. The van der Waals surface area contributed by atoms with Crippen molar-refractivity contribution in [3.05, 3.63) is 52.6 Å². The van der Waals surface area contributed by atoms with E-state index in [4.69, 9.17) is 4.74 Å². The number of aromatic nitrogens is 2. The molecule has 0 spiro atoms. The van der Waals surface area contributed by atoms with Crippen LogP contribution in [0.5, 0.6) is 5.75 Å². The Morgan fingerprint density at radius 2 is 1.79 bits per heavy atom. The second kappa shape index (κ2) is 9.52. The third-order valence-electron chi connectivity index (χ3n) is 6.30. The predicted molar refractivity (Wildman–Crippen MR) is 128 cm³/mol. The van der Waals surface area contributed by atoms with E-state index in [0.717, 1.165) is 29.4 Å². The van der Waals surface area contributed by atoms with Gasteiger partial charge in [-0.25, -0.2) is 0 Å². The Morgan fingerprint density at radius 3 is 2.45 bits per heavy atom. The van der Waals surface area contributed by atoms with Gasteiger partial charge < -0.3 is 24.1 Å². The van der Waals surface area contributed by atoms with Gasteiger partial charge >= 0.3 is 0 Å². The van der Waals surface area contributed by atoms with E-state index < -0.39 is 0 Å². The maximum Gasteiger partial charge on any atom is 0.274 e. The lowest BCUT2D eigenvalue weighted by Gasteiger charge is -2.34. The van der Waals surface area contributed by atoms with E-state index in [-0.39, 0.29) is 17.4 Å². The minimum Gasteiger partial charge on any atom is -0.496 e. The van der Waals surface area contributed by atoms with Crippen molar-refractivity contribution >= 4 is 22.7 Å². The van der Waals surface area contributed by atoms with Gasteiger partial charge in [-0.2, -0.15) is 0 Å². The van der Waals surface area contributed by atoms with Crippen molar-refractivity contribution < 1.29 is 14.3 Å². The number of aromatic amines is 1. The minimum atomic E-state index is -0.0771. The van der Waals surface area contributed by atoms with Gasteiger partial charge in [0.15, 0.2) is 0 Å². The number of benzene rings is 1. The zero-order valence-electron chi connectivity index (χ0n) is 19.4. The van der Waals surface area contributed by atoms with E-state index >= 15 is 0 Å². The Hall–Kier alpha value is -3.55. The molecule has 1 fully saturated rings. The lowest BCUT2D eigenvalue weighted by molar-refractivity contribution is -0.130. The highest BCUT2D eigenvalue weighted by Crippen LogP contribution is 2.35. The number of rotatable bonds is 6. The predicted octanol–water partition coefficient (Wildman–Crippen LogP) is 3.11. The number of nitrogens with zero attached hydrogens (tertiary/aromatic N) is 3. The van der Waals surface area contributed by atoms with Crippen LogP contribution in [0.1, 0.15) is 37.0 Å². The molecule has 8 nitrogen and oxygen atoms in total. The zero-order valence-corrected chi connectivity index (χ0v) is 19.4. The standard InChI is InChI=1S/C25H30N4O4/c1-4-5-10-29-16-21(19-8-9-26-23(19)25(29)32)20-15-18(6-7-22(20)33-3)24(31)28-13-11-27(12-14-28)17(2)30/h6-9,15-16,26H,4-5,10-14H2,1-3H3. The number of amides is 2. The van der Waals surface area contributed by atoms with Crippen molar-refractivity contribution in [1.82, 2.24) is 19.4 Å². The Kier molecular flexibility index (Phi) is 6.53. The number of unbranched alkanes of at least 4 members (excludes halogenated alkanes) is 1. The third-order valence-corrected chi connectivity index (χ3v) is 6.30. The van der Waals surface area contributed by atoms with Crippen LogP contribution in [0.15, 0.2) is 41.5 Å². The summed E-state index contributed by atoms with van der Waals surface area (Å²) in [5.41, 5.74) is 2.65. The summed E-state index contributed by atoms with van der Waals surface area (Å²) in [5.74, 6) is 0.588. The van der Waals surface area contributed by atoms with Crippen LogP contribution in [-0.4, -0.2) is 64.5 Å². The normalized spacial score (nSPS) is 14.0. The van der Waals surface area contributed by atoms with Crippen LogP contribution in [-0.2, 0) is 11.3 Å². The second-order valence-electron chi connectivity index (χ2n) is 8.37. The summed E-state index contributed by atoms with van der Waals surface area (Å²) in [4.78, 5) is 44.4. The molecular weight excluding hydrogens is 420 g/mol. The summed E-state index contributed by atoms with van der Waals surface area (Å²) in [6.45, 7) is 6.35. The van der Waals surface area contributed by atoms with E-state index in [1.807, 2.05) is 18.3 Å². The average Bonchev–Trinajstić information content (AvgIpc) is 3.33. The van der Waals surface area contributed by atoms with Crippen molar-refractivity contribution in [2.24, 2.45) is 0 Å². The van der Waals surface area contributed by atoms with E-state index in [2.05, 4.69) is 11.9 Å². The Labute approximate surface area is 192 Å². The first-order chi connectivity index (χ1) is 15.9. The molecule has 0 radical (unpaired) electrons. The van der Waals surface area contributed by atoms with Gasteiger partial charge in [0.05, 0.1) is 7.11 Å². The SMILES string of the molecule is CCCCn1cc(-c2cc(C(=O)N3CCN(C(C)=O)CC3)ccc2OC)c2cc[nH]c2c1=O. The summed E-state index contributed by atoms with van der Waals surface area (Å²) in [6, 6.07) is 7.29. The first-order valence-electron chi connectivity index (χ1n) is 11.4. The van der Waals surface area contributed by atoms with Gasteiger partial charge in [0.1, 0.15) is 11.3 Å².